The molecule has 0 spiro atoms. The Morgan fingerprint density at radius 1 is 1.08 bits per heavy atom. The zero-order chi connectivity index (χ0) is 18.1. The molecule has 0 aliphatic carbocycles. The van der Waals surface area contributed by atoms with Crippen LogP contribution in [-0.2, 0) is 4.79 Å². The van der Waals surface area contributed by atoms with Crippen molar-refractivity contribution in [3.8, 4) is 5.75 Å². The average molecular weight is 339 g/mol. The van der Waals surface area contributed by atoms with Gasteiger partial charge in [-0.1, -0.05) is 43.7 Å². The smallest absolute Gasteiger partial charge is 0.352 e. The van der Waals surface area contributed by atoms with E-state index in [9.17, 15) is 14.7 Å². The molecule has 1 amide bonds. The Bertz CT molecular complexity index is 736. The molecule has 0 fully saturated rings. The van der Waals surface area contributed by atoms with E-state index in [2.05, 4.69) is 12.2 Å². The molecule has 0 saturated carbocycles. The quantitative estimate of drug-likeness (QED) is 0.568. The van der Waals surface area contributed by atoms with E-state index in [1.165, 1.54) is 6.08 Å². The molecular weight excluding hydrogens is 318 g/mol. The predicted octanol–water partition coefficient (Wildman–Crippen LogP) is 3.72. The SMILES string of the molecule is CCCCOc1ccc(C=C(NC(=O)c2ccccc2)C(=O)O)cc1. The van der Waals surface area contributed by atoms with Gasteiger partial charge in [0, 0.05) is 5.56 Å². The molecule has 0 heterocycles. The lowest BCUT2D eigenvalue weighted by Gasteiger charge is -2.07. The highest BCUT2D eigenvalue weighted by Crippen LogP contribution is 2.15. The monoisotopic (exact) mass is 339 g/mol. The number of carbonyl (C=O) groups is 2. The third kappa shape index (κ3) is 5.80. The van der Waals surface area contributed by atoms with Gasteiger partial charge in [-0.2, -0.15) is 0 Å². The van der Waals surface area contributed by atoms with Crippen LogP contribution in [0.25, 0.3) is 6.08 Å². The van der Waals surface area contributed by atoms with Gasteiger partial charge in [0.1, 0.15) is 11.4 Å². The van der Waals surface area contributed by atoms with Crippen molar-refractivity contribution in [2.24, 2.45) is 0 Å². The van der Waals surface area contributed by atoms with Crippen LogP contribution < -0.4 is 10.1 Å². The Balaban J connectivity index is 2.08. The van der Waals surface area contributed by atoms with Crippen molar-refractivity contribution in [3.05, 3.63) is 71.4 Å². The third-order valence-electron chi connectivity index (χ3n) is 3.47. The molecule has 0 radical (unpaired) electrons. The van der Waals surface area contributed by atoms with E-state index in [1.54, 1.807) is 54.6 Å². The lowest BCUT2D eigenvalue weighted by molar-refractivity contribution is -0.132. The fraction of sp³-hybridized carbons (Fsp3) is 0.200. The highest BCUT2D eigenvalue weighted by Gasteiger charge is 2.13. The maximum atomic E-state index is 12.1. The van der Waals surface area contributed by atoms with E-state index in [0.717, 1.165) is 18.6 Å². The van der Waals surface area contributed by atoms with Crippen molar-refractivity contribution in [2.75, 3.05) is 6.61 Å². The number of hydrogen-bond acceptors (Lipinski definition) is 3. The summed E-state index contributed by atoms with van der Waals surface area (Å²) in [5, 5.41) is 11.7. The van der Waals surface area contributed by atoms with Crippen molar-refractivity contribution in [3.63, 3.8) is 0 Å². The number of aliphatic carboxylic acids is 1. The molecule has 0 aliphatic heterocycles. The molecule has 0 atom stereocenters. The van der Waals surface area contributed by atoms with Gasteiger partial charge in [-0.05, 0) is 42.3 Å². The lowest BCUT2D eigenvalue weighted by atomic mass is 10.1. The highest BCUT2D eigenvalue weighted by atomic mass is 16.5. The Hall–Kier alpha value is -3.08. The molecule has 5 heteroatoms. The van der Waals surface area contributed by atoms with Crippen LogP contribution in [0.4, 0.5) is 0 Å². The Morgan fingerprint density at radius 2 is 1.76 bits per heavy atom. The van der Waals surface area contributed by atoms with E-state index in [-0.39, 0.29) is 5.70 Å². The summed E-state index contributed by atoms with van der Waals surface area (Å²) in [6, 6.07) is 15.5. The molecule has 130 valence electrons. The van der Waals surface area contributed by atoms with Crippen molar-refractivity contribution < 1.29 is 19.4 Å². The first-order valence-corrected chi connectivity index (χ1v) is 8.14. The van der Waals surface area contributed by atoms with Gasteiger partial charge in [-0.15, -0.1) is 0 Å². The number of carboxylic acid groups (broad SMARTS) is 1. The molecule has 25 heavy (non-hydrogen) atoms. The second-order valence-electron chi connectivity index (χ2n) is 5.45. The molecule has 0 unspecified atom stereocenters. The van der Waals surface area contributed by atoms with E-state index in [0.29, 0.717) is 17.7 Å². The molecular formula is C20H21NO4. The van der Waals surface area contributed by atoms with Gasteiger partial charge in [0.15, 0.2) is 0 Å². The van der Waals surface area contributed by atoms with Crippen LogP contribution in [0, 0.1) is 0 Å². The summed E-state index contributed by atoms with van der Waals surface area (Å²) >= 11 is 0. The molecule has 0 bridgehead atoms. The predicted molar refractivity (Wildman–Crippen MR) is 96.4 cm³/mol. The molecule has 2 aromatic rings. The normalized spacial score (nSPS) is 11.0. The topological polar surface area (TPSA) is 75.6 Å². The Kier molecular flexibility index (Phi) is 6.77. The van der Waals surface area contributed by atoms with Gasteiger partial charge in [0.2, 0.25) is 0 Å². The molecule has 2 rings (SSSR count). The van der Waals surface area contributed by atoms with E-state index in [1.807, 2.05) is 0 Å². The second kappa shape index (κ2) is 9.27. The molecule has 5 nitrogen and oxygen atoms in total. The summed E-state index contributed by atoms with van der Waals surface area (Å²) in [5.74, 6) is -0.933. The molecule has 0 aromatic heterocycles. The maximum Gasteiger partial charge on any atom is 0.352 e. The third-order valence-corrected chi connectivity index (χ3v) is 3.47. The summed E-state index contributed by atoms with van der Waals surface area (Å²) in [5.41, 5.74) is 0.872. The van der Waals surface area contributed by atoms with Crippen molar-refractivity contribution in [2.45, 2.75) is 19.8 Å². The molecule has 0 aliphatic rings. The van der Waals surface area contributed by atoms with Crippen LogP contribution in [0.3, 0.4) is 0 Å². The summed E-state index contributed by atoms with van der Waals surface area (Å²) in [4.78, 5) is 23.5. The lowest BCUT2D eigenvalue weighted by Crippen LogP contribution is -2.27. The summed E-state index contributed by atoms with van der Waals surface area (Å²) in [6.45, 7) is 2.74. The minimum absolute atomic E-state index is 0.187. The van der Waals surface area contributed by atoms with Gasteiger partial charge in [0.25, 0.3) is 5.91 Å². The van der Waals surface area contributed by atoms with Crippen LogP contribution in [0.1, 0.15) is 35.7 Å². The number of nitrogens with one attached hydrogen (secondary N) is 1. The number of carboxylic acids is 1. The first-order chi connectivity index (χ1) is 12.1. The largest absolute Gasteiger partial charge is 0.494 e. The number of ether oxygens (including phenoxy) is 1. The van der Waals surface area contributed by atoms with E-state index < -0.39 is 11.9 Å². The summed E-state index contributed by atoms with van der Waals surface area (Å²) in [7, 11) is 0. The van der Waals surface area contributed by atoms with Crippen LogP contribution in [0.2, 0.25) is 0 Å². The Morgan fingerprint density at radius 3 is 2.36 bits per heavy atom. The zero-order valence-corrected chi connectivity index (χ0v) is 14.1. The van der Waals surface area contributed by atoms with E-state index in [4.69, 9.17) is 4.74 Å². The average Bonchev–Trinajstić information content (AvgIpc) is 2.63. The fourth-order valence-electron chi connectivity index (χ4n) is 2.10. The molecule has 2 N–H and O–H groups in total. The standard InChI is InChI=1S/C20H21NO4/c1-2-3-13-25-17-11-9-15(10-12-17)14-18(20(23)24)21-19(22)16-7-5-4-6-8-16/h4-12,14H,2-3,13H2,1H3,(H,21,22)(H,23,24). The first-order valence-electron chi connectivity index (χ1n) is 8.14. The van der Waals surface area contributed by atoms with Gasteiger partial charge in [-0.25, -0.2) is 4.79 Å². The van der Waals surface area contributed by atoms with Crippen molar-refractivity contribution >= 4 is 18.0 Å². The molecule has 2 aromatic carbocycles. The summed E-state index contributed by atoms with van der Waals surface area (Å²) in [6.07, 6.45) is 3.46. The van der Waals surface area contributed by atoms with Crippen LogP contribution in [-0.4, -0.2) is 23.6 Å². The highest BCUT2D eigenvalue weighted by molar-refractivity contribution is 6.02. The number of benzene rings is 2. The van der Waals surface area contributed by atoms with Crippen LogP contribution in [0.15, 0.2) is 60.3 Å². The first kappa shape index (κ1) is 18.3. The van der Waals surface area contributed by atoms with Crippen LogP contribution in [0.5, 0.6) is 5.75 Å². The number of hydrogen-bond donors (Lipinski definition) is 2. The van der Waals surface area contributed by atoms with Gasteiger partial charge in [-0.3, -0.25) is 4.79 Å². The van der Waals surface area contributed by atoms with Gasteiger partial charge in [0.05, 0.1) is 6.61 Å². The van der Waals surface area contributed by atoms with Crippen molar-refractivity contribution in [1.82, 2.24) is 5.32 Å². The Labute approximate surface area is 146 Å². The van der Waals surface area contributed by atoms with Gasteiger partial charge >= 0.3 is 5.97 Å². The maximum absolute atomic E-state index is 12.1. The van der Waals surface area contributed by atoms with Crippen molar-refractivity contribution in [1.29, 1.82) is 0 Å². The minimum Gasteiger partial charge on any atom is -0.494 e. The van der Waals surface area contributed by atoms with Gasteiger partial charge < -0.3 is 15.2 Å². The zero-order valence-electron chi connectivity index (χ0n) is 14.1. The number of unbranched alkanes of at least 4 members (excludes halogenated alkanes) is 1. The molecule has 0 saturated heterocycles. The number of amides is 1. The van der Waals surface area contributed by atoms with Crippen LogP contribution >= 0.6 is 0 Å². The van der Waals surface area contributed by atoms with E-state index >= 15 is 0 Å². The number of carbonyl (C=O) groups excluding carboxylic acids is 1. The number of rotatable bonds is 8. The minimum atomic E-state index is -1.20. The summed E-state index contributed by atoms with van der Waals surface area (Å²) < 4.78 is 5.57. The fourth-order valence-corrected chi connectivity index (χ4v) is 2.10. The second-order valence-corrected chi connectivity index (χ2v) is 5.45.